The number of nitrogens with zero attached hydrogens (tertiary/aromatic N) is 5. The topological polar surface area (TPSA) is 78.8 Å². The van der Waals surface area contributed by atoms with Crippen LogP contribution in [0, 0.1) is 0 Å². The Kier molecular flexibility index (Phi) is 5.41. The van der Waals surface area contributed by atoms with Crippen LogP contribution < -0.4 is 0 Å². The van der Waals surface area contributed by atoms with Crippen LogP contribution in [0.2, 0.25) is 0 Å². The van der Waals surface area contributed by atoms with Gasteiger partial charge in [0.2, 0.25) is 15.9 Å². The van der Waals surface area contributed by atoms with E-state index in [0.717, 1.165) is 30.8 Å². The first-order chi connectivity index (χ1) is 12.2. The van der Waals surface area contributed by atoms with Crippen LogP contribution in [0.25, 0.3) is 0 Å². The lowest BCUT2D eigenvalue weighted by atomic mass is 10.00. The van der Waals surface area contributed by atoms with E-state index in [0.29, 0.717) is 32.1 Å². The van der Waals surface area contributed by atoms with Crippen molar-refractivity contribution in [3.63, 3.8) is 0 Å². The third-order valence-electron chi connectivity index (χ3n) is 5.48. The maximum atomic E-state index is 13.4. The molecule has 146 valence electrons. The summed E-state index contributed by atoms with van der Waals surface area (Å²) in [5, 5.41) is 4.26. The van der Waals surface area contributed by atoms with E-state index >= 15 is 0 Å². The van der Waals surface area contributed by atoms with E-state index in [1.165, 1.54) is 10.6 Å². The van der Waals surface area contributed by atoms with Crippen molar-refractivity contribution >= 4 is 15.9 Å². The van der Waals surface area contributed by atoms with Gasteiger partial charge < -0.3 is 4.90 Å². The average molecular weight is 384 g/mol. The normalized spacial score (nSPS) is 23.1. The Morgan fingerprint density at radius 1 is 1.19 bits per heavy atom. The number of fused-ring (bicyclic) bond motifs is 1. The van der Waals surface area contributed by atoms with Crippen LogP contribution in [0.4, 0.5) is 0 Å². The molecule has 1 atom stereocenters. The van der Waals surface area contributed by atoms with Gasteiger partial charge in [-0.25, -0.2) is 8.42 Å². The van der Waals surface area contributed by atoms with E-state index in [9.17, 15) is 13.2 Å². The number of hydrogen-bond acceptors (Lipinski definition) is 5. The van der Waals surface area contributed by atoms with Gasteiger partial charge in [-0.05, 0) is 20.3 Å². The molecule has 3 rings (SSSR count). The molecule has 0 saturated carbocycles. The van der Waals surface area contributed by atoms with Gasteiger partial charge in [-0.2, -0.15) is 9.40 Å². The number of hydrogen-bond donors (Lipinski definition) is 0. The number of aromatic nitrogens is 2. The number of carbonyl (C=O) groups excluding carboxylic acids is 1. The molecule has 3 heterocycles. The maximum Gasteiger partial charge on any atom is 0.245 e. The van der Waals surface area contributed by atoms with Gasteiger partial charge in [0.25, 0.3) is 0 Å². The molecule has 0 bridgehead atoms. The number of sulfonamides is 1. The highest BCUT2D eigenvalue weighted by Crippen LogP contribution is 2.33. The molecule has 0 aromatic carbocycles. The Balaban J connectivity index is 1.89. The zero-order valence-electron chi connectivity index (χ0n) is 16.1. The Bertz CT molecular complexity index is 773. The predicted octanol–water partition coefficient (Wildman–Crippen LogP) is 0.222. The standard InChI is InChI=1S/C17H29N5O3S/c1-13(2)20-7-5-8-21(11-10-20)17(23)16-14-12-18-19(3)15(14)6-9-22(16)26(4,24)25/h12-13,16H,5-11H2,1-4H3. The summed E-state index contributed by atoms with van der Waals surface area (Å²) in [7, 11) is -1.65. The lowest BCUT2D eigenvalue weighted by Gasteiger charge is -2.36. The predicted molar refractivity (Wildman–Crippen MR) is 99.1 cm³/mol. The zero-order chi connectivity index (χ0) is 19.1. The highest BCUT2D eigenvalue weighted by atomic mass is 32.2. The highest BCUT2D eigenvalue weighted by molar-refractivity contribution is 7.88. The van der Waals surface area contributed by atoms with Crippen LogP contribution in [0.1, 0.15) is 37.6 Å². The molecule has 0 radical (unpaired) electrons. The third-order valence-corrected chi connectivity index (χ3v) is 6.72. The summed E-state index contributed by atoms with van der Waals surface area (Å²) in [4.78, 5) is 17.6. The second kappa shape index (κ2) is 7.28. The second-order valence-corrected chi connectivity index (χ2v) is 9.44. The second-order valence-electron chi connectivity index (χ2n) is 7.51. The fourth-order valence-corrected chi connectivity index (χ4v) is 4.98. The minimum atomic E-state index is -3.49. The van der Waals surface area contributed by atoms with E-state index in [1.54, 1.807) is 10.9 Å². The molecule has 26 heavy (non-hydrogen) atoms. The molecular weight excluding hydrogens is 354 g/mol. The van der Waals surface area contributed by atoms with Crippen molar-refractivity contribution in [1.29, 1.82) is 0 Å². The van der Waals surface area contributed by atoms with Crippen LogP contribution >= 0.6 is 0 Å². The molecule has 1 saturated heterocycles. The van der Waals surface area contributed by atoms with Crippen molar-refractivity contribution < 1.29 is 13.2 Å². The largest absolute Gasteiger partial charge is 0.340 e. The number of amides is 1. The zero-order valence-corrected chi connectivity index (χ0v) is 16.9. The minimum absolute atomic E-state index is 0.130. The summed E-state index contributed by atoms with van der Waals surface area (Å²) in [5.41, 5.74) is 1.67. The van der Waals surface area contributed by atoms with Crippen molar-refractivity contribution in [2.45, 2.75) is 38.8 Å². The number of carbonyl (C=O) groups is 1. The van der Waals surface area contributed by atoms with Crippen LogP contribution in [0.15, 0.2) is 6.20 Å². The van der Waals surface area contributed by atoms with Crippen LogP contribution in [-0.2, 0) is 28.3 Å². The summed E-state index contributed by atoms with van der Waals surface area (Å²) in [6, 6.07) is -0.356. The van der Waals surface area contributed by atoms with Crippen LogP contribution in [0.3, 0.4) is 0 Å². The fourth-order valence-electron chi connectivity index (χ4n) is 3.98. The van der Waals surface area contributed by atoms with E-state index in [1.807, 2.05) is 11.9 Å². The fraction of sp³-hybridized carbons (Fsp3) is 0.765. The number of aryl methyl sites for hydroxylation is 1. The average Bonchev–Trinajstić information content (AvgIpc) is 2.80. The lowest BCUT2D eigenvalue weighted by molar-refractivity contribution is -0.135. The summed E-state index contributed by atoms with van der Waals surface area (Å²) in [6.07, 6.45) is 4.30. The maximum absolute atomic E-state index is 13.4. The summed E-state index contributed by atoms with van der Waals surface area (Å²) in [5.74, 6) is -0.130. The van der Waals surface area contributed by atoms with Gasteiger partial charge in [-0.1, -0.05) is 0 Å². The molecule has 2 aliphatic rings. The summed E-state index contributed by atoms with van der Waals surface area (Å²) >= 11 is 0. The smallest absolute Gasteiger partial charge is 0.245 e. The van der Waals surface area contributed by atoms with Crippen LogP contribution in [-0.4, -0.2) is 83.2 Å². The number of rotatable bonds is 3. The minimum Gasteiger partial charge on any atom is -0.340 e. The quantitative estimate of drug-likeness (QED) is 0.746. The van der Waals surface area contributed by atoms with Crippen LogP contribution in [0.5, 0.6) is 0 Å². The Hall–Kier alpha value is -1.45. The van der Waals surface area contributed by atoms with E-state index in [-0.39, 0.29) is 5.91 Å². The molecule has 0 N–H and O–H groups in total. The summed E-state index contributed by atoms with van der Waals surface area (Å²) < 4.78 is 27.7. The van der Waals surface area contributed by atoms with Gasteiger partial charge in [0.1, 0.15) is 6.04 Å². The monoisotopic (exact) mass is 383 g/mol. The first-order valence-electron chi connectivity index (χ1n) is 9.20. The van der Waals surface area contributed by atoms with Gasteiger partial charge in [-0.15, -0.1) is 0 Å². The van der Waals surface area contributed by atoms with Crippen molar-refractivity contribution in [3.8, 4) is 0 Å². The Morgan fingerprint density at radius 2 is 1.92 bits per heavy atom. The highest BCUT2D eigenvalue weighted by Gasteiger charge is 2.41. The van der Waals surface area contributed by atoms with E-state index in [4.69, 9.17) is 0 Å². The van der Waals surface area contributed by atoms with Gasteiger partial charge in [0.05, 0.1) is 12.5 Å². The van der Waals surface area contributed by atoms with Gasteiger partial charge >= 0.3 is 0 Å². The van der Waals surface area contributed by atoms with Gasteiger partial charge in [0.15, 0.2) is 0 Å². The lowest BCUT2D eigenvalue weighted by Crippen LogP contribution is -2.49. The molecule has 1 aromatic heterocycles. The summed E-state index contributed by atoms with van der Waals surface area (Å²) in [6.45, 7) is 7.69. The first kappa shape index (κ1) is 19.3. The molecule has 9 heteroatoms. The molecule has 1 fully saturated rings. The first-order valence-corrected chi connectivity index (χ1v) is 11.1. The van der Waals surface area contributed by atoms with Crippen molar-refractivity contribution in [1.82, 2.24) is 23.9 Å². The van der Waals surface area contributed by atoms with Crippen molar-refractivity contribution in [3.05, 3.63) is 17.5 Å². The molecule has 1 unspecified atom stereocenters. The molecular formula is C17H29N5O3S. The molecule has 1 aromatic rings. The third kappa shape index (κ3) is 3.65. The van der Waals surface area contributed by atoms with E-state index < -0.39 is 16.1 Å². The molecule has 0 aliphatic carbocycles. The molecule has 2 aliphatic heterocycles. The Labute approximate surface area is 155 Å². The van der Waals surface area contributed by atoms with Crippen molar-refractivity contribution in [2.75, 3.05) is 39.0 Å². The van der Waals surface area contributed by atoms with Crippen molar-refractivity contribution in [2.24, 2.45) is 7.05 Å². The molecule has 0 spiro atoms. The molecule has 1 amide bonds. The SMILES string of the molecule is CC(C)N1CCCN(C(=O)C2c3cnn(C)c3CCN2S(C)(=O)=O)CC1. The van der Waals surface area contributed by atoms with Gasteiger partial charge in [-0.3, -0.25) is 14.4 Å². The molecule has 8 nitrogen and oxygen atoms in total. The van der Waals surface area contributed by atoms with Gasteiger partial charge in [0, 0.05) is 63.5 Å². The van der Waals surface area contributed by atoms with E-state index in [2.05, 4.69) is 23.8 Å². The Morgan fingerprint density at radius 3 is 2.58 bits per heavy atom.